The number of nitrogens with two attached hydrogens (primary N) is 1. The van der Waals surface area contributed by atoms with Crippen molar-refractivity contribution in [1.29, 1.82) is 0 Å². The van der Waals surface area contributed by atoms with E-state index in [0.29, 0.717) is 24.6 Å². The molecule has 0 bridgehead atoms. The minimum atomic E-state index is -0.0998. The van der Waals surface area contributed by atoms with Gasteiger partial charge in [-0.25, -0.2) is 0 Å². The van der Waals surface area contributed by atoms with Gasteiger partial charge >= 0.3 is 0 Å². The van der Waals surface area contributed by atoms with Gasteiger partial charge in [0.05, 0.1) is 24.4 Å². The molecule has 0 radical (unpaired) electrons. The van der Waals surface area contributed by atoms with Crippen LogP contribution in [0.4, 0.5) is 0 Å². The summed E-state index contributed by atoms with van der Waals surface area (Å²) in [6.07, 6.45) is 2.47. The number of amides is 1. The summed E-state index contributed by atoms with van der Waals surface area (Å²) >= 11 is 0. The van der Waals surface area contributed by atoms with Gasteiger partial charge in [0.1, 0.15) is 0 Å². The van der Waals surface area contributed by atoms with Crippen molar-refractivity contribution in [1.82, 2.24) is 15.1 Å². The first-order valence-electron chi connectivity index (χ1n) is 7.03. The third kappa shape index (κ3) is 4.31. The summed E-state index contributed by atoms with van der Waals surface area (Å²) in [7, 11) is 1.64. The van der Waals surface area contributed by atoms with Gasteiger partial charge in [-0.2, -0.15) is 5.10 Å². The van der Waals surface area contributed by atoms with E-state index in [9.17, 15) is 4.79 Å². The first-order chi connectivity index (χ1) is 9.51. The maximum atomic E-state index is 12.3. The first kappa shape index (κ1) is 16.7. The summed E-state index contributed by atoms with van der Waals surface area (Å²) in [4.78, 5) is 12.3. The molecule has 0 aliphatic carbocycles. The molecule has 6 heteroatoms. The lowest BCUT2D eigenvalue weighted by atomic mass is 10.0. The Kier molecular flexibility index (Phi) is 6.67. The Bertz CT molecular complexity index is 429. The minimum Gasteiger partial charge on any atom is -0.383 e. The number of hydrogen-bond donors (Lipinski definition) is 2. The van der Waals surface area contributed by atoms with Gasteiger partial charge in [-0.05, 0) is 25.8 Å². The standard InChI is InChI=1S/C14H26N4O2/c1-10(2)13(9-20-4)17-14(19)12-8-16-18(11(12)3)7-5-6-15/h8,10,13H,5-7,9,15H2,1-4H3,(H,17,19). The zero-order chi connectivity index (χ0) is 15.1. The second kappa shape index (κ2) is 8.01. The van der Waals surface area contributed by atoms with Crippen molar-refractivity contribution < 1.29 is 9.53 Å². The van der Waals surface area contributed by atoms with Gasteiger partial charge in [-0.3, -0.25) is 9.48 Å². The van der Waals surface area contributed by atoms with Crippen LogP contribution in [0, 0.1) is 12.8 Å². The quantitative estimate of drug-likeness (QED) is 0.743. The third-order valence-corrected chi connectivity index (χ3v) is 3.39. The fourth-order valence-corrected chi connectivity index (χ4v) is 1.96. The van der Waals surface area contributed by atoms with E-state index < -0.39 is 0 Å². The Morgan fingerprint density at radius 3 is 2.80 bits per heavy atom. The molecule has 0 fully saturated rings. The number of methoxy groups -OCH3 is 1. The largest absolute Gasteiger partial charge is 0.383 e. The second-order valence-electron chi connectivity index (χ2n) is 5.29. The van der Waals surface area contributed by atoms with Crippen molar-refractivity contribution in [3.63, 3.8) is 0 Å². The lowest BCUT2D eigenvalue weighted by Gasteiger charge is -2.21. The number of carbonyl (C=O) groups excluding carboxylic acids is 1. The molecule has 6 nitrogen and oxygen atoms in total. The van der Waals surface area contributed by atoms with Crippen LogP contribution in [0.25, 0.3) is 0 Å². The van der Waals surface area contributed by atoms with Gasteiger partial charge in [0.2, 0.25) is 0 Å². The number of aromatic nitrogens is 2. The van der Waals surface area contributed by atoms with Crippen LogP contribution in [-0.4, -0.2) is 42.0 Å². The number of aryl methyl sites for hydroxylation is 1. The van der Waals surface area contributed by atoms with Gasteiger partial charge < -0.3 is 15.8 Å². The SMILES string of the molecule is COCC(NC(=O)c1cnn(CCCN)c1C)C(C)C. The summed E-state index contributed by atoms with van der Waals surface area (Å²) in [6, 6.07) is -0.000656. The Morgan fingerprint density at radius 1 is 1.55 bits per heavy atom. The molecule has 0 saturated carbocycles. The van der Waals surface area contributed by atoms with Crippen molar-refractivity contribution in [2.24, 2.45) is 11.7 Å². The number of nitrogens with one attached hydrogen (secondary N) is 1. The Morgan fingerprint density at radius 2 is 2.25 bits per heavy atom. The van der Waals surface area contributed by atoms with Crippen LogP contribution in [-0.2, 0) is 11.3 Å². The number of nitrogens with zero attached hydrogens (tertiary/aromatic N) is 2. The number of ether oxygens (including phenoxy) is 1. The predicted molar refractivity (Wildman–Crippen MR) is 78.6 cm³/mol. The van der Waals surface area contributed by atoms with E-state index in [1.54, 1.807) is 13.3 Å². The molecule has 0 spiro atoms. The van der Waals surface area contributed by atoms with Crippen LogP contribution in [0.1, 0.15) is 36.3 Å². The van der Waals surface area contributed by atoms with E-state index in [1.165, 1.54) is 0 Å². The summed E-state index contributed by atoms with van der Waals surface area (Å²) in [5.74, 6) is 0.212. The fourth-order valence-electron chi connectivity index (χ4n) is 1.96. The lowest BCUT2D eigenvalue weighted by Crippen LogP contribution is -2.41. The minimum absolute atomic E-state index is 0.000656. The summed E-state index contributed by atoms with van der Waals surface area (Å²) in [5, 5.41) is 7.24. The molecule has 1 aromatic heterocycles. The summed E-state index contributed by atoms with van der Waals surface area (Å²) in [6.45, 7) is 7.87. The van der Waals surface area contributed by atoms with Crippen LogP contribution < -0.4 is 11.1 Å². The highest BCUT2D eigenvalue weighted by atomic mass is 16.5. The predicted octanol–water partition coefficient (Wildman–Crippen LogP) is 0.941. The molecule has 0 aliphatic rings. The van der Waals surface area contributed by atoms with Crippen molar-refractivity contribution in [2.75, 3.05) is 20.3 Å². The van der Waals surface area contributed by atoms with Crippen LogP contribution in [0.15, 0.2) is 6.20 Å². The molecule has 1 amide bonds. The third-order valence-electron chi connectivity index (χ3n) is 3.39. The zero-order valence-electron chi connectivity index (χ0n) is 12.8. The summed E-state index contributed by atoms with van der Waals surface area (Å²) < 4.78 is 6.96. The van der Waals surface area contributed by atoms with Crippen molar-refractivity contribution in [2.45, 2.75) is 39.8 Å². The van der Waals surface area contributed by atoms with Crippen molar-refractivity contribution in [3.8, 4) is 0 Å². The molecule has 1 unspecified atom stereocenters. The lowest BCUT2D eigenvalue weighted by molar-refractivity contribution is 0.0866. The molecule has 3 N–H and O–H groups in total. The van der Waals surface area contributed by atoms with Crippen molar-refractivity contribution >= 4 is 5.91 Å². The average molecular weight is 282 g/mol. The number of rotatable bonds is 8. The monoisotopic (exact) mass is 282 g/mol. The van der Waals surface area contributed by atoms with E-state index in [-0.39, 0.29) is 11.9 Å². The second-order valence-corrected chi connectivity index (χ2v) is 5.29. The van der Waals surface area contributed by atoms with E-state index in [1.807, 2.05) is 11.6 Å². The van der Waals surface area contributed by atoms with Gasteiger partial charge in [0.15, 0.2) is 0 Å². The van der Waals surface area contributed by atoms with E-state index in [2.05, 4.69) is 24.3 Å². The van der Waals surface area contributed by atoms with Gasteiger partial charge in [-0.1, -0.05) is 13.8 Å². The van der Waals surface area contributed by atoms with Crippen molar-refractivity contribution in [3.05, 3.63) is 17.5 Å². The molecule has 20 heavy (non-hydrogen) atoms. The topological polar surface area (TPSA) is 82.2 Å². The normalized spacial score (nSPS) is 12.7. The van der Waals surface area contributed by atoms with E-state index in [4.69, 9.17) is 10.5 Å². The molecule has 0 aliphatic heterocycles. The number of hydrogen-bond acceptors (Lipinski definition) is 4. The smallest absolute Gasteiger partial charge is 0.255 e. The maximum absolute atomic E-state index is 12.3. The Hall–Kier alpha value is -1.40. The van der Waals surface area contributed by atoms with Gasteiger partial charge in [-0.15, -0.1) is 0 Å². The van der Waals surface area contributed by atoms with Crippen LogP contribution >= 0.6 is 0 Å². The highest BCUT2D eigenvalue weighted by molar-refractivity contribution is 5.95. The molecular weight excluding hydrogens is 256 g/mol. The molecule has 0 saturated heterocycles. The van der Waals surface area contributed by atoms with Crippen LogP contribution in [0.2, 0.25) is 0 Å². The molecule has 114 valence electrons. The summed E-state index contributed by atoms with van der Waals surface area (Å²) in [5.41, 5.74) is 6.98. The first-order valence-corrected chi connectivity index (χ1v) is 7.03. The van der Waals surface area contributed by atoms with Crippen LogP contribution in [0.5, 0.6) is 0 Å². The molecule has 0 aromatic carbocycles. The average Bonchev–Trinajstić information content (AvgIpc) is 2.77. The van der Waals surface area contributed by atoms with Crippen LogP contribution in [0.3, 0.4) is 0 Å². The Labute approximate surface area is 120 Å². The van der Waals surface area contributed by atoms with Gasteiger partial charge in [0, 0.05) is 19.3 Å². The van der Waals surface area contributed by atoms with E-state index in [0.717, 1.165) is 18.7 Å². The highest BCUT2D eigenvalue weighted by Gasteiger charge is 2.20. The van der Waals surface area contributed by atoms with Gasteiger partial charge in [0.25, 0.3) is 5.91 Å². The fraction of sp³-hybridized carbons (Fsp3) is 0.714. The molecule has 1 atom stereocenters. The molecule has 1 aromatic rings. The van der Waals surface area contributed by atoms with E-state index >= 15 is 0 Å². The molecule has 1 heterocycles. The molecule has 1 rings (SSSR count). The zero-order valence-corrected chi connectivity index (χ0v) is 12.8. The number of carbonyl (C=O) groups is 1. The highest BCUT2D eigenvalue weighted by Crippen LogP contribution is 2.10. The molecular formula is C14H26N4O2. The maximum Gasteiger partial charge on any atom is 0.255 e. The Balaban J connectivity index is 2.74.